The van der Waals surface area contributed by atoms with E-state index in [0.717, 1.165) is 26.1 Å². The Morgan fingerprint density at radius 1 is 1.45 bits per heavy atom. The summed E-state index contributed by atoms with van der Waals surface area (Å²) in [5.74, 6) is 0.307. The lowest BCUT2D eigenvalue weighted by Gasteiger charge is -2.48. The first-order valence-electron chi connectivity index (χ1n) is 8.10. The van der Waals surface area contributed by atoms with Gasteiger partial charge >= 0.3 is 0 Å². The van der Waals surface area contributed by atoms with Gasteiger partial charge in [-0.3, -0.25) is 9.48 Å². The van der Waals surface area contributed by atoms with E-state index in [1.165, 1.54) is 0 Å². The normalized spacial score (nSPS) is 30.5. The third-order valence-electron chi connectivity index (χ3n) is 5.28. The fraction of sp³-hybridized carbons (Fsp3) is 0.750. The van der Waals surface area contributed by atoms with Crippen molar-refractivity contribution in [1.82, 2.24) is 14.7 Å². The first-order valence-corrected chi connectivity index (χ1v) is 8.10. The lowest BCUT2D eigenvalue weighted by Crippen LogP contribution is -2.56. The van der Waals surface area contributed by atoms with E-state index in [1.54, 1.807) is 24.0 Å². The highest BCUT2D eigenvalue weighted by atomic mass is 16.5. The summed E-state index contributed by atoms with van der Waals surface area (Å²) >= 11 is 0. The van der Waals surface area contributed by atoms with Crippen LogP contribution in [0.1, 0.15) is 36.7 Å². The summed E-state index contributed by atoms with van der Waals surface area (Å²) in [6.45, 7) is 4.69. The quantitative estimate of drug-likeness (QED) is 0.887. The van der Waals surface area contributed by atoms with Crippen molar-refractivity contribution in [2.24, 2.45) is 18.9 Å². The zero-order valence-corrected chi connectivity index (χ0v) is 13.4. The van der Waals surface area contributed by atoms with E-state index in [4.69, 9.17) is 4.74 Å². The van der Waals surface area contributed by atoms with Crippen molar-refractivity contribution in [3.63, 3.8) is 0 Å². The first kappa shape index (κ1) is 15.5. The second-order valence-corrected chi connectivity index (χ2v) is 6.65. The van der Waals surface area contributed by atoms with Crippen LogP contribution in [0.25, 0.3) is 0 Å². The molecule has 1 aromatic rings. The molecule has 2 aliphatic rings. The Morgan fingerprint density at radius 3 is 2.77 bits per heavy atom. The predicted molar refractivity (Wildman–Crippen MR) is 81.4 cm³/mol. The SMILES string of the molecule is C[C@@H]1CN(C(=O)c2ccn(C)n2)CC[C@@]1(O)C1CCOCC1. The second kappa shape index (κ2) is 6.01. The fourth-order valence-corrected chi connectivity index (χ4v) is 3.82. The van der Waals surface area contributed by atoms with Crippen LogP contribution in [0.15, 0.2) is 12.3 Å². The van der Waals surface area contributed by atoms with Crippen molar-refractivity contribution >= 4 is 5.91 Å². The Kier molecular flexibility index (Phi) is 4.23. The van der Waals surface area contributed by atoms with E-state index in [0.29, 0.717) is 25.2 Å². The largest absolute Gasteiger partial charge is 0.389 e. The number of hydrogen-bond donors (Lipinski definition) is 1. The standard InChI is InChI=1S/C16H25N3O3/c1-12-11-19(15(20)14-3-7-18(2)17-14)8-6-16(12,21)13-4-9-22-10-5-13/h3,7,12-13,21H,4-6,8-11H2,1-2H3/t12-,16+/m1/s1. The summed E-state index contributed by atoms with van der Waals surface area (Å²) in [4.78, 5) is 14.3. The van der Waals surface area contributed by atoms with Gasteiger partial charge in [0.1, 0.15) is 5.69 Å². The molecule has 2 saturated heterocycles. The third-order valence-corrected chi connectivity index (χ3v) is 5.28. The minimum atomic E-state index is -0.676. The van der Waals surface area contributed by atoms with Crippen LogP contribution < -0.4 is 0 Å². The molecule has 1 N–H and O–H groups in total. The minimum Gasteiger partial charge on any atom is -0.389 e. The van der Waals surface area contributed by atoms with Crippen molar-refractivity contribution in [3.8, 4) is 0 Å². The second-order valence-electron chi connectivity index (χ2n) is 6.65. The molecule has 0 radical (unpaired) electrons. The van der Waals surface area contributed by atoms with Crippen LogP contribution in [0.3, 0.4) is 0 Å². The zero-order chi connectivity index (χ0) is 15.7. The van der Waals surface area contributed by atoms with Crippen LogP contribution in [0.4, 0.5) is 0 Å². The highest BCUT2D eigenvalue weighted by Gasteiger charge is 2.46. The van der Waals surface area contributed by atoms with Crippen molar-refractivity contribution in [1.29, 1.82) is 0 Å². The molecule has 0 spiro atoms. The molecule has 2 aliphatic heterocycles. The number of carbonyl (C=O) groups excluding carboxylic acids is 1. The van der Waals surface area contributed by atoms with Crippen LogP contribution in [0, 0.1) is 11.8 Å². The lowest BCUT2D eigenvalue weighted by molar-refractivity contribution is -0.125. The van der Waals surface area contributed by atoms with Gasteiger partial charge in [0.25, 0.3) is 5.91 Å². The molecule has 3 heterocycles. The van der Waals surface area contributed by atoms with E-state index in [-0.39, 0.29) is 17.7 Å². The molecule has 2 atom stereocenters. The smallest absolute Gasteiger partial charge is 0.274 e. The number of carbonyl (C=O) groups is 1. The van der Waals surface area contributed by atoms with E-state index in [9.17, 15) is 9.90 Å². The summed E-state index contributed by atoms with van der Waals surface area (Å²) in [5.41, 5.74) is -0.198. The van der Waals surface area contributed by atoms with E-state index >= 15 is 0 Å². The maximum absolute atomic E-state index is 12.5. The summed E-state index contributed by atoms with van der Waals surface area (Å²) in [6, 6.07) is 1.74. The van der Waals surface area contributed by atoms with Gasteiger partial charge in [-0.2, -0.15) is 5.10 Å². The molecule has 1 amide bonds. The monoisotopic (exact) mass is 307 g/mol. The summed E-state index contributed by atoms with van der Waals surface area (Å²) in [5, 5.41) is 15.3. The molecule has 0 aliphatic carbocycles. The Bertz CT molecular complexity index is 538. The van der Waals surface area contributed by atoms with Crippen molar-refractivity contribution in [2.75, 3.05) is 26.3 Å². The van der Waals surface area contributed by atoms with Gasteiger partial charge in [-0.05, 0) is 31.2 Å². The molecule has 0 saturated carbocycles. The summed E-state index contributed by atoms with van der Waals surface area (Å²) in [7, 11) is 1.81. The topological polar surface area (TPSA) is 67.6 Å². The van der Waals surface area contributed by atoms with E-state index in [2.05, 4.69) is 5.10 Å². The number of piperidine rings is 1. The fourth-order valence-electron chi connectivity index (χ4n) is 3.82. The number of likely N-dealkylation sites (tertiary alicyclic amines) is 1. The number of ether oxygens (including phenoxy) is 1. The maximum atomic E-state index is 12.5. The van der Waals surface area contributed by atoms with Gasteiger partial charge in [0.2, 0.25) is 0 Å². The highest BCUT2D eigenvalue weighted by Crippen LogP contribution is 2.39. The summed E-state index contributed by atoms with van der Waals surface area (Å²) in [6.07, 6.45) is 4.24. The molecule has 0 aromatic carbocycles. The van der Waals surface area contributed by atoms with Gasteiger partial charge in [0.05, 0.1) is 5.60 Å². The average molecular weight is 307 g/mol. The molecule has 122 valence electrons. The van der Waals surface area contributed by atoms with Gasteiger partial charge in [-0.1, -0.05) is 6.92 Å². The zero-order valence-electron chi connectivity index (χ0n) is 13.4. The highest BCUT2D eigenvalue weighted by molar-refractivity contribution is 5.92. The van der Waals surface area contributed by atoms with Gasteiger partial charge in [-0.25, -0.2) is 0 Å². The number of amides is 1. The Hall–Kier alpha value is -1.40. The Labute approximate surface area is 131 Å². The Balaban J connectivity index is 1.67. The lowest BCUT2D eigenvalue weighted by atomic mass is 9.70. The van der Waals surface area contributed by atoms with Gasteiger partial charge in [0.15, 0.2) is 0 Å². The number of aliphatic hydroxyl groups is 1. The van der Waals surface area contributed by atoms with Crippen LogP contribution in [-0.2, 0) is 11.8 Å². The van der Waals surface area contributed by atoms with Gasteiger partial charge < -0.3 is 14.7 Å². The molecule has 22 heavy (non-hydrogen) atoms. The molecule has 1 aromatic heterocycles. The van der Waals surface area contributed by atoms with E-state index in [1.807, 2.05) is 11.8 Å². The molecule has 6 nitrogen and oxygen atoms in total. The van der Waals surface area contributed by atoms with Crippen LogP contribution in [0.5, 0.6) is 0 Å². The predicted octanol–water partition coefficient (Wildman–Crippen LogP) is 1.06. The number of aryl methyl sites for hydroxylation is 1. The number of aromatic nitrogens is 2. The number of hydrogen-bond acceptors (Lipinski definition) is 4. The maximum Gasteiger partial charge on any atom is 0.274 e. The molecule has 3 rings (SSSR count). The van der Waals surface area contributed by atoms with Crippen LogP contribution in [0.2, 0.25) is 0 Å². The molecule has 6 heteroatoms. The van der Waals surface area contributed by atoms with Crippen LogP contribution >= 0.6 is 0 Å². The van der Waals surface area contributed by atoms with Gasteiger partial charge in [-0.15, -0.1) is 0 Å². The van der Waals surface area contributed by atoms with Crippen molar-refractivity contribution < 1.29 is 14.6 Å². The van der Waals surface area contributed by atoms with Crippen LogP contribution in [-0.4, -0.2) is 57.6 Å². The minimum absolute atomic E-state index is 0.0403. The van der Waals surface area contributed by atoms with E-state index < -0.39 is 5.60 Å². The van der Waals surface area contributed by atoms with Gasteiger partial charge in [0, 0.05) is 45.5 Å². The Morgan fingerprint density at radius 2 is 2.18 bits per heavy atom. The first-order chi connectivity index (χ1) is 10.5. The third kappa shape index (κ3) is 2.77. The molecule has 2 fully saturated rings. The van der Waals surface area contributed by atoms with Crippen molar-refractivity contribution in [2.45, 2.75) is 31.8 Å². The number of rotatable bonds is 2. The number of nitrogens with zero attached hydrogens (tertiary/aromatic N) is 3. The molecule has 0 unspecified atom stereocenters. The molecular weight excluding hydrogens is 282 g/mol. The summed E-state index contributed by atoms with van der Waals surface area (Å²) < 4.78 is 7.04. The molecular formula is C16H25N3O3. The average Bonchev–Trinajstić information content (AvgIpc) is 2.97. The van der Waals surface area contributed by atoms with Crippen molar-refractivity contribution in [3.05, 3.63) is 18.0 Å². The molecule has 0 bridgehead atoms.